The SMILES string of the molecule is COc1cccc(C2CC(c3cccs3)=NC3(CCN(C(C)=O)CC3)N2)c1O. The number of nitrogens with zero attached hydrogens (tertiary/aromatic N) is 2. The van der Waals surface area contributed by atoms with Crippen LogP contribution in [0.25, 0.3) is 0 Å². The molecule has 0 saturated carbocycles. The van der Waals surface area contributed by atoms with E-state index in [1.54, 1.807) is 31.4 Å². The van der Waals surface area contributed by atoms with Gasteiger partial charge in [0.15, 0.2) is 11.5 Å². The third-order valence-corrected chi connectivity index (χ3v) is 6.58. The smallest absolute Gasteiger partial charge is 0.219 e. The van der Waals surface area contributed by atoms with E-state index in [0.717, 1.165) is 29.0 Å². The van der Waals surface area contributed by atoms with Gasteiger partial charge in [0, 0.05) is 55.8 Å². The molecule has 1 atom stereocenters. The molecular formula is C21H25N3O3S. The molecule has 1 unspecified atom stereocenters. The van der Waals surface area contributed by atoms with Gasteiger partial charge in [-0.05, 0) is 17.5 Å². The van der Waals surface area contributed by atoms with Crippen molar-refractivity contribution in [3.63, 3.8) is 0 Å². The van der Waals surface area contributed by atoms with Crippen LogP contribution in [0, 0.1) is 0 Å². The Bertz CT molecular complexity index is 886. The second-order valence-corrected chi connectivity index (χ2v) is 8.32. The van der Waals surface area contributed by atoms with E-state index >= 15 is 0 Å². The molecule has 28 heavy (non-hydrogen) atoms. The number of hydrogen-bond donors (Lipinski definition) is 2. The Kier molecular flexibility index (Phi) is 5.12. The van der Waals surface area contributed by atoms with Crippen molar-refractivity contribution in [3.8, 4) is 11.5 Å². The van der Waals surface area contributed by atoms with Gasteiger partial charge in [-0.1, -0.05) is 18.2 Å². The summed E-state index contributed by atoms with van der Waals surface area (Å²) in [5, 5.41) is 16.5. The maximum Gasteiger partial charge on any atom is 0.219 e. The monoisotopic (exact) mass is 399 g/mol. The van der Waals surface area contributed by atoms with E-state index in [2.05, 4.69) is 16.8 Å². The number of likely N-dealkylation sites (tertiary alicyclic amines) is 1. The zero-order valence-electron chi connectivity index (χ0n) is 16.1. The van der Waals surface area contributed by atoms with E-state index < -0.39 is 5.66 Å². The lowest BCUT2D eigenvalue weighted by Crippen LogP contribution is -2.56. The third kappa shape index (κ3) is 3.52. The van der Waals surface area contributed by atoms with Crippen LogP contribution in [-0.2, 0) is 4.79 Å². The minimum atomic E-state index is -0.427. The molecule has 4 rings (SSSR count). The number of phenols is 1. The first-order valence-corrected chi connectivity index (χ1v) is 10.4. The number of methoxy groups -OCH3 is 1. The van der Waals surface area contributed by atoms with Crippen molar-refractivity contribution in [1.82, 2.24) is 10.2 Å². The number of aliphatic imine (C=N–C) groups is 1. The maximum atomic E-state index is 11.7. The van der Waals surface area contributed by atoms with Gasteiger partial charge in [-0.2, -0.15) is 0 Å². The summed E-state index contributed by atoms with van der Waals surface area (Å²) in [4.78, 5) is 19.9. The Morgan fingerprint density at radius 1 is 1.32 bits per heavy atom. The van der Waals surface area contributed by atoms with E-state index in [4.69, 9.17) is 9.73 Å². The second-order valence-electron chi connectivity index (χ2n) is 7.37. The van der Waals surface area contributed by atoms with Crippen molar-refractivity contribution in [2.24, 2.45) is 4.99 Å². The zero-order valence-corrected chi connectivity index (χ0v) is 17.0. The molecule has 148 valence electrons. The van der Waals surface area contributed by atoms with Crippen LogP contribution in [0.5, 0.6) is 11.5 Å². The molecule has 1 fully saturated rings. The molecular weight excluding hydrogens is 374 g/mol. The predicted molar refractivity (Wildman–Crippen MR) is 110 cm³/mol. The summed E-state index contributed by atoms with van der Waals surface area (Å²) in [5.41, 5.74) is 1.44. The summed E-state index contributed by atoms with van der Waals surface area (Å²) in [6.45, 7) is 2.98. The predicted octanol–water partition coefficient (Wildman–Crippen LogP) is 3.32. The molecule has 2 aromatic rings. The Balaban J connectivity index is 1.69. The van der Waals surface area contributed by atoms with E-state index in [-0.39, 0.29) is 17.7 Å². The van der Waals surface area contributed by atoms with Gasteiger partial charge in [0.05, 0.1) is 12.8 Å². The van der Waals surface area contributed by atoms with Gasteiger partial charge in [-0.15, -0.1) is 11.3 Å². The highest BCUT2D eigenvalue weighted by atomic mass is 32.1. The number of phenolic OH excluding ortho intramolecular Hbond substituents is 1. The molecule has 0 aliphatic carbocycles. The molecule has 2 N–H and O–H groups in total. The number of rotatable bonds is 3. The molecule has 2 aliphatic rings. The number of piperidine rings is 1. The van der Waals surface area contributed by atoms with Crippen LogP contribution < -0.4 is 10.1 Å². The Hall–Kier alpha value is -2.38. The first-order valence-electron chi connectivity index (χ1n) is 9.53. The molecule has 3 heterocycles. The minimum absolute atomic E-state index is 0.0754. The fourth-order valence-electron chi connectivity index (χ4n) is 4.12. The molecule has 1 amide bonds. The first-order chi connectivity index (χ1) is 13.5. The van der Waals surface area contributed by atoms with Gasteiger partial charge in [0.2, 0.25) is 5.91 Å². The van der Waals surface area contributed by atoms with Gasteiger partial charge >= 0.3 is 0 Å². The van der Waals surface area contributed by atoms with Crippen LogP contribution >= 0.6 is 11.3 Å². The van der Waals surface area contributed by atoms with E-state index in [0.29, 0.717) is 25.3 Å². The number of amides is 1. The number of ether oxygens (including phenoxy) is 1. The fraction of sp³-hybridized carbons (Fsp3) is 0.429. The Morgan fingerprint density at radius 2 is 2.11 bits per heavy atom. The number of nitrogens with one attached hydrogen (secondary N) is 1. The summed E-state index contributed by atoms with van der Waals surface area (Å²) in [6.07, 6.45) is 2.20. The highest BCUT2D eigenvalue weighted by Crippen LogP contribution is 2.40. The summed E-state index contributed by atoms with van der Waals surface area (Å²) in [6, 6.07) is 9.65. The molecule has 1 aromatic carbocycles. The average Bonchev–Trinajstić information content (AvgIpc) is 3.23. The first kappa shape index (κ1) is 19.0. The molecule has 1 aromatic heterocycles. The highest BCUT2D eigenvalue weighted by Gasteiger charge is 2.41. The number of thiophene rings is 1. The van der Waals surface area contributed by atoms with E-state index in [1.165, 1.54) is 0 Å². The van der Waals surface area contributed by atoms with Crippen LogP contribution in [-0.4, -0.2) is 47.5 Å². The normalized spacial score (nSPS) is 21.4. The minimum Gasteiger partial charge on any atom is -0.504 e. The lowest BCUT2D eigenvalue weighted by Gasteiger charge is -2.45. The van der Waals surface area contributed by atoms with Crippen molar-refractivity contribution < 1.29 is 14.6 Å². The molecule has 7 heteroatoms. The third-order valence-electron chi connectivity index (χ3n) is 5.66. The van der Waals surface area contributed by atoms with Crippen LogP contribution in [0.2, 0.25) is 0 Å². The summed E-state index contributed by atoms with van der Waals surface area (Å²) < 4.78 is 5.30. The van der Waals surface area contributed by atoms with Gasteiger partial charge in [-0.25, -0.2) is 0 Å². The highest BCUT2D eigenvalue weighted by molar-refractivity contribution is 7.12. The number of benzene rings is 1. The van der Waals surface area contributed by atoms with Crippen LogP contribution in [0.1, 0.15) is 42.7 Å². The lowest BCUT2D eigenvalue weighted by molar-refractivity contribution is -0.130. The van der Waals surface area contributed by atoms with Crippen molar-refractivity contribution in [2.75, 3.05) is 20.2 Å². The summed E-state index contributed by atoms with van der Waals surface area (Å²) in [5.74, 6) is 0.751. The Labute approximate surface area is 168 Å². The van der Waals surface area contributed by atoms with Gasteiger partial charge in [0.1, 0.15) is 5.66 Å². The topological polar surface area (TPSA) is 74.2 Å². The molecule has 2 aliphatic heterocycles. The second kappa shape index (κ2) is 7.56. The number of hydrogen-bond acceptors (Lipinski definition) is 6. The fourth-order valence-corrected chi connectivity index (χ4v) is 4.85. The largest absolute Gasteiger partial charge is 0.504 e. The summed E-state index contributed by atoms with van der Waals surface area (Å²) >= 11 is 1.68. The van der Waals surface area contributed by atoms with Crippen molar-refractivity contribution in [2.45, 2.75) is 37.9 Å². The molecule has 0 bridgehead atoms. The maximum absolute atomic E-state index is 11.7. The van der Waals surface area contributed by atoms with Crippen LogP contribution in [0.15, 0.2) is 40.7 Å². The lowest BCUT2D eigenvalue weighted by atomic mass is 9.88. The zero-order chi connectivity index (χ0) is 19.7. The molecule has 0 radical (unpaired) electrons. The number of para-hydroxylation sites is 1. The molecule has 6 nitrogen and oxygen atoms in total. The quantitative estimate of drug-likeness (QED) is 0.830. The van der Waals surface area contributed by atoms with Gasteiger partial charge in [0.25, 0.3) is 0 Å². The Morgan fingerprint density at radius 3 is 2.75 bits per heavy atom. The van der Waals surface area contributed by atoms with Crippen molar-refractivity contribution in [1.29, 1.82) is 0 Å². The van der Waals surface area contributed by atoms with Gasteiger partial charge < -0.3 is 14.7 Å². The molecule has 1 saturated heterocycles. The molecule has 1 spiro atoms. The summed E-state index contributed by atoms with van der Waals surface area (Å²) in [7, 11) is 1.56. The van der Waals surface area contributed by atoms with Crippen LogP contribution in [0.4, 0.5) is 0 Å². The van der Waals surface area contributed by atoms with E-state index in [1.807, 2.05) is 23.1 Å². The number of aromatic hydroxyl groups is 1. The average molecular weight is 400 g/mol. The van der Waals surface area contributed by atoms with Crippen molar-refractivity contribution >= 4 is 23.0 Å². The van der Waals surface area contributed by atoms with Crippen LogP contribution in [0.3, 0.4) is 0 Å². The number of carbonyl (C=O) groups is 1. The standard InChI is InChI=1S/C21H25N3O3S/c1-14(25)24-10-8-21(9-11-24)22-16(13-17(23-21)19-7-4-12-28-19)15-5-3-6-18(27-2)20(15)26/h3-7,12,16,22,26H,8-11,13H2,1-2H3. The van der Waals surface area contributed by atoms with E-state index in [9.17, 15) is 9.90 Å². The van der Waals surface area contributed by atoms with Gasteiger partial charge in [-0.3, -0.25) is 15.1 Å². The number of carbonyl (C=O) groups excluding carboxylic acids is 1. The van der Waals surface area contributed by atoms with Crippen molar-refractivity contribution in [3.05, 3.63) is 46.2 Å².